The van der Waals surface area contributed by atoms with E-state index in [9.17, 15) is 4.39 Å². The molecule has 0 bridgehead atoms. The first-order valence-electron chi connectivity index (χ1n) is 8.24. The minimum atomic E-state index is -0.276. The first-order valence-corrected chi connectivity index (χ1v) is 8.24. The quantitative estimate of drug-likeness (QED) is 0.526. The maximum atomic E-state index is 13.6. The van der Waals surface area contributed by atoms with Gasteiger partial charge in [0.05, 0.1) is 14.2 Å². The van der Waals surface area contributed by atoms with Gasteiger partial charge >= 0.3 is 0 Å². The van der Waals surface area contributed by atoms with Gasteiger partial charge in [0.1, 0.15) is 28.5 Å². The number of anilines is 1. The zero-order chi connectivity index (χ0) is 18.1. The molecule has 4 nitrogen and oxygen atoms in total. The predicted octanol–water partition coefficient (Wildman–Crippen LogP) is 5.35. The van der Waals surface area contributed by atoms with Crippen molar-refractivity contribution in [3.63, 3.8) is 0 Å². The van der Waals surface area contributed by atoms with Gasteiger partial charge in [0.25, 0.3) is 0 Å². The Morgan fingerprint density at radius 3 is 2.19 bits per heavy atom. The molecule has 4 rings (SSSR count). The number of halogens is 1. The third kappa shape index (κ3) is 3.04. The van der Waals surface area contributed by atoms with Gasteiger partial charge in [-0.1, -0.05) is 0 Å². The Bertz CT molecular complexity index is 1070. The van der Waals surface area contributed by atoms with E-state index in [1.54, 1.807) is 20.3 Å². The summed E-state index contributed by atoms with van der Waals surface area (Å²) in [6.45, 7) is 0.600. The van der Waals surface area contributed by atoms with Gasteiger partial charge < -0.3 is 19.2 Å². The largest absolute Gasteiger partial charge is 0.497 e. The lowest BCUT2D eigenvalue weighted by atomic mass is 10.1. The Kier molecular flexibility index (Phi) is 4.13. The fourth-order valence-electron chi connectivity index (χ4n) is 3.03. The van der Waals surface area contributed by atoms with Crippen molar-refractivity contribution in [1.29, 1.82) is 0 Å². The number of methoxy groups -OCH3 is 2. The van der Waals surface area contributed by atoms with Crippen LogP contribution in [0.4, 0.5) is 10.1 Å². The van der Waals surface area contributed by atoms with Gasteiger partial charge in [-0.2, -0.15) is 0 Å². The minimum absolute atomic E-state index is 0.276. The number of hydrogen-bond donors (Lipinski definition) is 1. The van der Waals surface area contributed by atoms with Crippen molar-refractivity contribution < 1.29 is 18.3 Å². The summed E-state index contributed by atoms with van der Waals surface area (Å²) in [5, 5.41) is 5.03. The SMILES string of the molecule is COc1cc(CNc2ccc3oc4ccc(F)cc4c3c2)cc(OC)c1. The Morgan fingerprint density at radius 1 is 0.846 bits per heavy atom. The lowest BCUT2D eigenvalue weighted by Crippen LogP contribution is -2.00. The van der Waals surface area contributed by atoms with Gasteiger partial charge in [0, 0.05) is 29.1 Å². The number of hydrogen-bond acceptors (Lipinski definition) is 4. The molecule has 0 aliphatic heterocycles. The lowest BCUT2D eigenvalue weighted by molar-refractivity contribution is 0.393. The van der Waals surface area contributed by atoms with Gasteiger partial charge in [-0.3, -0.25) is 0 Å². The van der Waals surface area contributed by atoms with E-state index in [2.05, 4.69) is 5.32 Å². The molecule has 0 spiro atoms. The molecular formula is C21H18FNO3. The Morgan fingerprint density at radius 2 is 1.50 bits per heavy atom. The first-order chi connectivity index (χ1) is 12.7. The monoisotopic (exact) mass is 351 g/mol. The minimum Gasteiger partial charge on any atom is -0.497 e. The molecule has 0 aliphatic carbocycles. The molecule has 26 heavy (non-hydrogen) atoms. The molecule has 1 heterocycles. The van der Waals surface area contributed by atoms with Crippen LogP contribution < -0.4 is 14.8 Å². The molecule has 3 aromatic carbocycles. The van der Waals surface area contributed by atoms with E-state index in [0.717, 1.165) is 39.1 Å². The summed E-state index contributed by atoms with van der Waals surface area (Å²) >= 11 is 0. The van der Waals surface area contributed by atoms with E-state index in [1.165, 1.54) is 12.1 Å². The molecule has 0 saturated heterocycles. The summed E-state index contributed by atoms with van der Waals surface area (Å²) in [4.78, 5) is 0. The highest BCUT2D eigenvalue weighted by molar-refractivity contribution is 6.05. The number of rotatable bonds is 5. The van der Waals surface area contributed by atoms with Crippen molar-refractivity contribution in [3.8, 4) is 11.5 Å². The summed E-state index contributed by atoms with van der Waals surface area (Å²) < 4.78 is 29.9. The third-order valence-corrected chi connectivity index (χ3v) is 4.34. The van der Waals surface area contributed by atoms with Crippen LogP contribution >= 0.6 is 0 Å². The topological polar surface area (TPSA) is 43.6 Å². The smallest absolute Gasteiger partial charge is 0.135 e. The molecular weight excluding hydrogens is 333 g/mol. The Labute approximate surface area is 150 Å². The van der Waals surface area contributed by atoms with Crippen LogP contribution in [0.2, 0.25) is 0 Å². The molecule has 0 unspecified atom stereocenters. The number of benzene rings is 3. The van der Waals surface area contributed by atoms with E-state index >= 15 is 0 Å². The maximum Gasteiger partial charge on any atom is 0.135 e. The highest BCUT2D eigenvalue weighted by Gasteiger charge is 2.09. The molecule has 5 heteroatoms. The molecule has 132 valence electrons. The number of ether oxygens (including phenoxy) is 2. The molecule has 4 aromatic rings. The van der Waals surface area contributed by atoms with E-state index < -0.39 is 0 Å². The Hall–Kier alpha value is -3.21. The van der Waals surface area contributed by atoms with Gasteiger partial charge in [-0.15, -0.1) is 0 Å². The van der Waals surface area contributed by atoms with Crippen LogP contribution in [0.15, 0.2) is 59.0 Å². The summed E-state index contributed by atoms with van der Waals surface area (Å²) in [6.07, 6.45) is 0. The maximum absolute atomic E-state index is 13.6. The zero-order valence-corrected chi connectivity index (χ0v) is 14.5. The molecule has 1 N–H and O–H groups in total. The molecule has 0 radical (unpaired) electrons. The van der Waals surface area contributed by atoms with Crippen LogP contribution in [0.3, 0.4) is 0 Å². The molecule has 0 fully saturated rings. The van der Waals surface area contributed by atoms with Gasteiger partial charge in [0.15, 0.2) is 0 Å². The van der Waals surface area contributed by atoms with Crippen LogP contribution in [0.5, 0.6) is 11.5 Å². The molecule has 0 aliphatic rings. The van der Waals surface area contributed by atoms with Crippen molar-refractivity contribution in [3.05, 3.63) is 66.0 Å². The summed E-state index contributed by atoms with van der Waals surface area (Å²) in [5.74, 6) is 1.21. The van der Waals surface area contributed by atoms with Crippen molar-refractivity contribution in [1.82, 2.24) is 0 Å². The number of furan rings is 1. The lowest BCUT2D eigenvalue weighted by Gasteiger charge is -2.10. The highest BCUT2D eigenvalue weighted by atomic mass is 19.1. The standard InChI is InChI=1S/C21H18FNO3/c1-24-16-7-13(8-17(11-16)25-2)12-23-15-4-6-21-19(10-15)18-9-14(22)3-5-20(18)26-21/h3-11,23H,12H2,1-2H3. The fraction of sp³-hybridized carbons (Fsp3) is 0.143. The van der Waals surface area contributed by atoms with Crippen molar-refractivity contribution >= 4 is 27.6 Å². The van der Waals surface area contributed by atoms with Crippen LogP contribution in [-0.4, -0.2) is 14.2 Å². The summed E-state index contributed by atoms with van der Waals surface area (Å²) in [5.41, 5.74) is 3.37. The normalized spacial score (nSPS) is 11.0. The average molecular weight is 351 g/mol. The van der Waals surface area contributed by atoms with Gasteiger partial charge in [-0.25, -0.2) is 4.39 Å². The fourth-order valence-corrected chi connectivity index (χ4v) is 3.03. The van der Waals surface area contributed by atoms with E-state index in [4.69, 9.17) is 13.9 Å². The summed E-state index contributed by atoms with van der Waals surface area (Å²) in [6, 6.07) is 16.1. The van der Waals surface area contributed by atoms with Gasteiger partial charge in [0.2, 0.25) is 0 Å². The zero-order valence-electron chi connectivity index (χ0n) is 14.5. The predicted molar refractivity (Wildman–Crippen MR) is 101 cm³/mol. The second-order valence-electron chi connectivity index (χ2n) is 6.03. The molecule has 0 atom stereocenters. The Balaban J connectivity index is 1.63. The van der Waals surface area contributed by atoms with Gasteiger partial charge in [-0.05, 0) is 54.1 Å². The van der Waals surface area contributed by atoms with Crippen molar-refractivity contribution in [2.24, 2.45) is 0 Å². The third-order valence-electron chi connectivity index (χ3n) is 4.34. The molecule has 0 saturated carbocycles. The second kappa shape index (κ2) is 6.59. The molecule has 1 aromatic heterocycles. The van der Waals surface area contributed by atoms with E-state index in [1.807, 2.05) is 36.4 Å². The average Bonchev–Trinajstić information content (AvgIpc) is 3.03. The second-order valence-corrected chi connectivity index (χ2v) is 6.03. The van der Waals surface area contributed by atoms with E-state index in [-0.39, 0.29) is 5.82 Å². The van der Waals surface area contributed by atoms with Crippen LogP contribution in [0.25, 0.3) is 21.9 Å². The number of nitrogens with one attached hydrogen (secondary N) is 1. The van der Waals surface area contributed by atoms with Crippen molar-refractivity contribution in [2.45, 2.75) is 6.54 Å². The van der Waals surface area contributed by atoms with Crippen LogP contribution in [0, 0.1) is 5.82 Å². The highest BCUT2D eigenvalue weighted by Crippen LogP contribution is 2.31. The first kappa shape index (κ1) is 16.3. The summed E-state index contributed by atoms with van der Waals surface area (Å²) in [7, 11) is 3.26. The van der Waals surface area contributed by atoms with Crippen molar-refractivity contribution in [2.75, 3.05) is 19.5 Å². The van der Waals surface area contributed by atoms with E-state index in [0.29, 0.717) is 12.1 Å². The van der Waals surface area contributed by atoms with Crippen LogP contribution in [-0.2, 0) is 6.54 Å². The van der Waals surface area contributed by atoms with Crippen LogP contribution in [0.1, 0.15) is 5.56 Å². The number of fused-ring (bicyclic) bond motifs is 3. The molecule has 0 amide bonds.